The average Bonchev–Trinajstić information content (AvgIpc) is 2.44. The number of carbonyl (C=O) groups is 1. The van der Waals surface area contributed by atoms with Gasteiger partial charge < -0.3 is 15.7 Å². The van der Waals surface area contributed by atoms with Gasteiger partial charge in [0.15, 0.2) is 0 Å². The zero-order valence-corrected chi connectivity index (χ0v) is 13.2. The first-order valence-corrected chi connectivity index (χ1v) is 7.96. The lowest BCUT2D eigenvalue weighted by Gasteiger charge is -2.35. The smallest absolute Gasteiger partial charge is 0.315 e. The summed E-state index contributed by atoms with van der Waals surface area (Å²) >= 11 is 0. The fraction of sp³-hybridized carbons (Fsp3) is 0.933. The predicted molar refractivity (Wildman–Crippen MR) is 81.7 cm³/mol. The minimum Gasteiger partial charge on any atom is -0.394 e. The van der Waals surface area contributed by atoms with E-state index in [1.165, 1.54) is 12.8 Å². The van der Waals surface area contributed by atoms with E-state index in [4.69, 9.17) is 0 Å². The summed E-state index contributed by atoms with van der Waals surface area (Å²) in [5, 5.41) is 15.1. The van der Waals surface area contributed by atoms with Crippen molar-refractivity contribution in [3.05, 3.63) is 0 Å². The molecule has 5 nitrogen and oxygen atoms in total. The van der Waals surface area contributed by atoms with Crippen LogP contribution in [0.5, 0.6) is 0 Å². The Hall–Kier alpha value is -0.810. The number of nitrogens with one attached hydrogen (secondary N) is 2. The van der Waals surface area contributed by atoms with E-state index in [1.807, 2.05) is 0 Å². The number of rotatable bonds is 7. The van der Waals surface area contributed by atoms with Crippen molar-refractivity contribution in [1.82, 2.24) is 15.5 Å². The zero-order valence-electron chi connectivity index (χ0n) is 13.2. The predicted octanol–water partition coefficient (Wildman–Crippen LogP) is 1.57. The fourth-order valence-corrected chi connectivity index (χ4v) is 2.90. The third-order valence-corrected chi connectivity index (χ3v) is 3.97. The molecule has 0 bridgehead atoms. The molecule has 2 unspecified atom stereocenters. The van der Waals surface area contributed by atoms with Gasteiger partial charge in [-0.2, -0.15) is 0 Å². The quantitative estimate of drug-likeness (QED) is 0.665. The molecule has 0 aromatic heterocycles. The molecule has 20 heavy (non-hydrogen) atoms. The molecule has 0 aliphatic carbocycles. The number of hydrogen-bond acceptors (Lipinski definition) is 3. The molecule has 0 aromatic rings. The molecule has 1 aliphatic rings. The van der Waals surface area contributed by atoms with Crippen molar-refractivity contribution >= 4 is 6.03 Å². The number of nitrogens with zero attached hydrogens (tertiary/aromatic N) is 1. The molecule has 1 saturated heterocycles. The Bertz CT molecular complexity index is 284. The van der Waals surface area contributed by atoms with Gasteiger partial charge in [-0.05, 0) is 38.3 Å². The van der Waals surface area contributed by atoms with E-state index in [1.54, 1.807) is 0 Å². The van der Waals surface area contributed by atoms with Gasteiger partial charge in [0.1, 0.15) is 0 Å². The molecule has 0 saturated carbocycles. The van der Waals surface area contributed by atoms with Crippen LogP contribution in [0.4, 0.5) is 4.79 Å². The summed E-state index contributed by atoms with van der Waals surface area (Å²) < 4.78 is 0. The van der Waals surface area contributed by atoms with Gasteiger partial charge in [0.2, 0.25) is 0 Å². The van der Waals surface area contributed by atoms with Gasteiger partial charge in [0.05, 0.1) is 12.6 Å². The lowest BCUT2D eigenvalue weighted by atomic mass is 10.0. The Balaban J connectivity index is 2.30. The highest BCUT2D eigenvalue weighted by molar-refractivity contribution is 5.74. The second kappa shape index (κ2) is 9.19. The zero-order chi connectivity index (χ0) is 15.0. The molecule has 1 rings (SSSR count). The number of carbonyl (C=O) groups excluding carboxylic acids is 1. The van der Waals surface area contributed by atoms with E-state index < -0.39 is 0 Å². The summed E-state index contributed by atoms with van der Waals surface area (Å²) in [6.07, 6.45) is 4.46. The monoisotopic (exact) mass is 285 g/mol. The fourth-order valence-electron chi connectivity index (χ4n) is 2.90. The van der Waals surface area contributed by atoms with E-state index in [2.05, 4.69) is 36.3 Å². The number of urea groups is 1. The number of aliphatic hydroxyl groups is 1. The number of aliphatic hydroxyl groups excluding tert-OH is 1. The van der Waals surface area contributed by atoms with Crippen LogP contribution in [0.15, 0.2) is 0 Å². The van der Waals surface area contributed by atoms with E-state index in [0.717, 1.165) is 25.9 Å². The molecular formula is C15H31N3O2. The number of likely N-dealkylation sites (N-methyl/N-ethyl adjacent to an activating group) is 1. The Morgan fingerprint density at radius 2 is 2.15 bits per heavy atom. The average molecular weight is 285 g/mol. The van der Waals surface area contributed by atoms with E-state index in [9.17, 15) is 9.90 Å². The molecule has 5 heteroatoms. The van der Waals surface area contributed by atoms with Gasteiger partial charge in [-0.1, -0.05) is 27.2 Å². The minimum atomic E-state index is -0.161. The summed E-state index contributed by atoms with van der Waals surface area (Å²) in [7, 11) is 0. The summed E-state index contributed by atoms with van der Waals surface area (Å²) in [5.74, 6) is 0.460. The van der Waals surface area contributed by atoms with Gasteiger partial charge in [0, 0.05) is 12.6 Å². The van der Waals surface area contributed by atoms with Gasteiger partial charge in [-0.15, -0.1) is 0 Å². The molecule has 118 valence electrons. The summed E-state index contributed by atoms with van der Waals surface area (Å²) in [4.78, 5) is 14.3. The van der Waals surface area contributed by atoms with Crippen LogP contribution < -0.4 is 10.6 Å². The van der Waals surface area contributed by atoms with Crippen LogP contribution in [0.2, 0.25) is 0 Å². The standard InChI is InChI=1S/C15H31N3O2/c1-4-18-8-6-5-7-14(18)10-16-15(20)17-13(11-19)9-12(2)3/h12-14,19H,4-11H2,1-3H3,(H2,16,17,20). The number of likely N-dealkylation sites (tertiary alicyclic amines) is 1. The molecule has 1 heterocycles. The summed E-state index contributed by atoms with van der Waals surface area (Å²) in [6, 6.07) is 0.145. The second-order valence-electron chi connectivity index (χ2n) is 6.14. The largest absolute Gasteiger partial charge is 0.394 e. The Morgan fingerprint density at radius 1 is 1.40 bits per heavy atom. The van der Waals surface area contributed by atoms with E-state index >= 15 is 0 Å². The van der Waals surface area contributed by atoms with Crippen molar-refractivity contribution < 1.29 is 9.90 Å². The topological polar surface area (TPSA) is 64.6 Å². The number of piperidine rings is 1. The van der Waals surface area contributed by atoms with Crippen molar-refractivity contribution in [2.24, 2.45) is 5.92 Å². The van der Waals surface area contributed by atoms with Crippen molar-refractivity contribution in [3.8, 4) is 0 Å². The lowest BCUT2D eigenvalue weighted by Crippen LogP contribution is -2.50. The third-order valence-electron chi connectivity index (χ3n) is 3.97. The molecule has 2 atom stereocenters. The van der Waals surface area contributed by atoms with E-state index in [0.29, 0.717) is 18.5 Å². The molecule has 1 fully saturated rings. The van der Waals surface area contributed by atoms with E-state index in [-0.39, 0.29) is 18.7 Å². The maximum absolute atomic E-state index is 11.9. The first kappa shape index (κ1) is 17.2. The first-order chi connectivity index (χ1) is 9.56. The Labute approximate surface area is 123 Å². The summed E-state index contributed by atoms with van der Waals surface area (Å²) in [6.45, 7) is 9.21. The first-order valence-electron chi connectivity index (χ1n) is 7.96. The van der Waals surface area contributed by atoms with Crippen molar-refractivity contribution in [2.45, 2.75) is 58.5 Å². The SMILES string of the molecule is CCN1CCCCC1CNC(=O)NC(CO)CC(C)C. The van der Waals surface area contributed by atoms with Gasteiger partial charge in [-0.25, -0.2) is 4.79 Å². The van der Waals surface area contributed by atoms with Crippen LogP contribution in [-0.4, -0.2) is 54.4 Å². The third kappa shape index (κ3) is 6.09. The number of amides is 2. The molecule has 0 radical (unpaired) electrons. The highest BCUT2D eigenvalue weighted by Gasteiger charge is 2.21. The van der Waals surface area contributed by atoms with Crippen LogP contribution >= 0.6 is 0 Å². The van der Waals surface area contributed by atoms with Crippen molar-refractivity contribution in [3.63, 3.8) is 0 Å². The van der Waals surface area contributed by atoms with Crippen molar-refractivity contribution in [2.75, 3.05) is 26.2 Å². The highest BCUT2D eigenvalue weighted by Crippen LogP contribution is 2.15. The highest BCUT2D eigenvalue weighted by atomic mass is 16.3. The van der Waals surface area contributed by atoms with Crippen LogP contribution in [0.1, 0.15) is 46.5 Å². The summed E-state index contributed by atoms with van der Waals surface area (Å²) in [5.41, 5.74) is 0. The second-order valence-corrected chi connectivity index (χ2v) is 6.14. The van der Waals surface area contributed by atoms with Gasteiger partial charge >= 0.3 is 6.03 Å². The lowest BCUT2D eigenvalue weighted by molar-refractivity contribution is 0.152. The normalized spacial score (nSPS) is 21.8. The maximum atomic E-state index is 11.9. The minimum absolute atomic E-state index is 0.00386. The molecule has 3 N–H and O–H groups in total. The Kier molecular flexibility index (Phi) is 7.92. The van der Waals surface area contributed by atoms with Crippen LogP contribution in [0.3, 0.4) is 0 Å². The van der Waals surface area contributed by atoms with Crippen molar-refractivity contribution in [1.29, 1.82) is 0 Å². The van der Waals surface area contributed by atoms with Crippen LogP contribution in [-0.2, 0) is 0 Å². The maximum Gasteiger partial charge on any atom is 0.315 e. The van der Waals surface area contributed by atoms with Gasteiger partial charge in [0.25, 0.3) is 0 Å². The van der Waals surface area contributed by atoms with Gasteiger partial charge in [-0.3, -0.25) is 4.90 Å². The van der Waals surface area contributed by atoms with Crippen LogP contribution in [0.25, 0.3) is 0 Å². The molecule has 1 aliphatic heterocycles. The molecular weight excluding hydrogens is 254 g/mol. The molecule has 0 spiro atoms. The Morgan fingerprint density at radius 3 is 2.75 bits per heavy atom. The molecule has 0 aromatic carbocycles. The molecule has 2 amide bonds. The number of hydrogen-bond donors (Lipinski definition) is 3. The van der Waals surface area contributed by atoms with Crippen LogP contribution in [0, 0.1) is 5.92 Å².